The van der Waals surface area contributed by atoms with Gasteiger partial charge < -0.3 is 10.4 Å². The number of carboxylic acids is 1. The van der Waals surface area contributed by atoms with Crippen molar-refractivity contribution in [1.82, 2.24) is 5.32 Å². The first-order valence-corrected chi connectivity index (χ1v) is 7.45. The molecule has 0 aliphatic heterocycles. The van der Waals surface area contributed by atoms with Crippen molar-refractivity contribution in [1.29, 1.82) is 0 Å². The predicted molar refractivity (Wildman–Crippen MR) is 77.8 cm³/mol. The molecule has 104 valence electrons. The van der Waals surface area contributed by atoms with Gasteiger partial charge in [0, 0.05) is 5.56 Å². The fourth-order valence-electron chi connectivity index (χ4n) is 1.71. The molecule has 0 bridgehead atoms. The van der Waals surface area contributed by atoms with E-state index in [0.29, 0.717) is 17.7 Å². The van der Waals surface area contributed by atoms with Crippen molar-refractivity contribution in [2.45, 2.75) is 26.3 Å². The van der Waals surface area contributed by atoms with Crippen molar-refractivity contribution in [2.24, 2.45) is 0 Å². The lowest BCUT2D eigenvalue weighted by Gasteiger charge is -2.15. The lowest BCUT2D eigenvalue weighted by molar-refractivity contribution is -0.139. The molecule has 1 amide bonds. The Morgan fingerprint density at radius 2 is 2.05 bits per heavy atom. The molecule has 0 fully saturated rings. The van der Waals surface area contributed by atoms with Gasteiger partial charge >= 0.3 is 5.97 Å². The van der Waals surface area contributed by atoms with E-state index in [1.807, 2.05) is 32.2 Å². The molecule has 19 heavy (non-hydrogen) atoms. The molecule has 0 heterocycles. The molecular weight excluding hydrogens is 262 g/mol. The van der Waals surface area contributed by atoms with E-state index >= 15 is 0 Å². The lowest BCUT2D eigenvalue weighted by Crippen LogP contribution is -2.41. The maximum Gasteiger partial charge on any atom is 0.326 e. The zero-order chi connectivity index (χ0) is 14.4. The number of benzene rings is 1. The highest BCUT2D eigenvalue weighted by Gasteiger charge is 2.20. The molecule has 0 saturated heterocycles. The minimum absolute atomic E-state index is 0.324. The average Bonchev–Trinajstić information content (AvgIpc) is 2.36. The Labute approximate surface area is 117 Å². The second-order valence-corrected chi connectivity index (χ2v) is 5.45. The number of aliphatic carboxylic acids is 1. The average molecular weight is 281 g/mol. The number of hydrogen-bond acceptors (Lipinski definition) is 3. The molecule has 0 unspecified atom stereocenters. The van der Waals surface area contributed by atoms with Crippen LogP contribution in [-0.2, 0) is 4.79 Å². The van der Waals surface area contributed by atoms with Crippen LogP contribution >= 0.6 is 11.8 Å². The molecule has 0 aliphatic carbocycles. The second kappa shape index (κ2) is 7.19. The summed E-state index contributed by atoms with van der Waals surface area (Å²) in [6.07, 6.45) is 2.33. The summed E-state index contributed by atoms with van der Waals surface area (Å²) in [6, 6.07) is 4.73. The molecular formula is C14H19NO3S. The van der Waals surface area contributed by atoms with Crippen LogP contribution in [0, 0.1) is 13.8 Å². The van der Waals surface area contributed by atoms with Gasteiger partial charge in [-0.15, -0.1) is 0 Å². The van der Waals surface area contributed by atoms with Gasteiger partial charge in [0.2, 0.25) is 0 Å². The van der Waals surface area contributed by atoms with E-state index in [4.69, 9.17) is 5.11 Å². The number of carbonyl (C=O) groups excluding carboxylic acids is 1. The Hall–Kier alpha value is -1.49. The molecule has 5 heteroatoms. The van der Waals surface area contributed by atoms with Crippen molar-refractivity contribution < 1.29 is 14.7 Å². The number of thioether (sulfide) groups is 1. The molecule has 1 atom stereocenters. The first kappa shape index (κ1) is 15.6. The summed E-state index contributed by atoms with van der Waals surface area (Å²) < 4.78 is 0. The molecule has 1 rings (SSSR count). The SMILES string of the molecule is CSCC[C@H](NC(=O)c1cc(C)ccc1C)C(=O)O. The first-order valence-electron chi connectivity index (χ1n) is 6.05. The van der Waals surface area contributed by atoms with Crippen LogP contribution in [0.5, 0.6) is 0 Å². The summed E-state index contributed by atoms with van der Waals surface area (Å²) in [7, 11) is 0. The molecule has 0 radical (unpaired) electrons. The first-order chi connectivity index (χ1) is 8.95. The van der Waals surface area contributed by atoms with E-state index in [-0.39, 0.29) is 5.91 Å². The number of carboxylic acid groups (broad SMARTS) is 1. The zero-order valence-corrected chi connectivity index (χ0v) is 12.2. The monoisotopic (exact) mass is 281 g/mol. The topological polar surface area (TPSA) is 66.4 Å². The molecule has 2 N–H and O–H groups in total. The number of amides is 1. The third-order valence-electron chi connectivity index (χ3n) is 2.85. The summed E-state index contributed by atoms with van der Waals surface area (Å²) in [6.45, 7) is 3.74. The standard InChI is InChI=1S/C14H19NO3S/c1-9-4-5-10(2)11(8-9)13(16)15-12(14(17)18)6-7-19-3/h4-5,8,12H,6-7H2,1-3H3,(H,15,16)(H,17,18)/t12-/m0/s1. The van der Waals surface area contributed by atoms with E-state index in [1.54, 1.807) is 17.8 Å². The summed E-state index contributed by atoms with van der Waals surface area (Å²) in [5.41, 5.74) is 2.36. The molecule has 0 aliphatic rings. The number of rotatable bonds is 6. The van der Waals surface area contributed by atoms with Crippen molar-refractivity contribution in [3.8, 4) is 0 Å². The van der Waals surface area contributed by atoms with Gasteiger partial charge in [0.15, 0.2) is 0 Å². The van der Waals surface area contributed by atoms with Crippen LogP contribution in [0.15, 0.2) is 18.2 Å². The van der Waals surface area contributed by atoms with Crippen LogP contribution in [0.3, 0.4) is 0 Å². The Balaban J connectivity index is 2.81. The Morgan fingerprint density at radius 3 is 2.63 bits per heavy atom. The van der Waals surface area contributed by atoms with Crippen molar-refractivity contribution in [2.75, 3.05) is 12.0 Å². The normalized spacial score (nSPS) is 11.9. The van der Waals surface area contributed by atoms with E-state index < -0.39 is 12.0 Å². The molecule has 1 aromatic carbocycles. The second-order valence-electron chi connectivity index (χ2n) is 4.46. The fourth-order valence-corrected chi connectivity index (χ4v) is 2.18. The minimum atomic E-state index is -0.993. The highest BCUT2D eigenvalue weighted by molar-refractivity contribution is 7.98. The van der Waals surface area contributed by atoms with Gasteiger partial charge in [-0.3, -0.25) is 4.79 Å². The quantitative estimate of drug-likeness (QED) is 0.839. The summed E-state index contributed by atoms with van der Waals surface area (Å²) >= 11 is 1.56. The number of nitrogens with one attached hydrogen (secondary N) is 1. The Bertz CT molecular complexity index is 474. The summed E-state index contributed by atoms with van der Waals surface area (Å²) in [5.74, 6) is -0.619. The molecule has 0 spiro atoms. The van der Waals surface area contributed by atoms with Crippen LogP contribution in [0.4, 0.5) is 0 Å². The molecule has 1 aromatic rings. The van der Waals surface area contributed by atoms with Crippen molar-refractivity contribution in [3.05, 3.63) is 34.9 Å². The van der Waals surface area contributed by atoms with E-state index in [9.17, 15) is 9.59 Å². The fraction of sp³-hybridized carbons (Fsp3) is 0.429. The van der Waals surface area contributed by atoms with E-state index in [2.05, 4.69) is 5.32 Å². The predicted octanol–water partition coefficient (Wildman–Crippen LogP) is 2.24. The van der Waals surface area contributed by atoms with Crippen LogP contribution in [0.1, 0.15) is 27.9 Å². The summed E-state index contributed by atoms with van der Waals surface area (Å²) in [4.78, 5) is 23.2. The Kier molecular flexibility index (Phi) is 5.89. The van der Waals surface area contributed by atoms with Gasteiger partial charge in [0.05, 0.1) is 0 Å². The summed E-state index contributed by atoms with van der Waals surface area (Å²) in [5, 5.41) is 11.7. The third-order valence-corrected chi connectivity index (χ3v) is 3.50. The highest BCUT2D eigenvalue weighted by atomic mass is 32.2. The van der Waals surface area contributed by atoms with Crippen LogP contribution in [-0.4, -0.2) is 35.0 Å². The third kappa shape index (κ3) is 4.59. The van der Waals surface area contributed by atoms with Gasteiger partial charge in [0.25, 0.3) is 5.91 Å². The van der Waals surface area contributed by atoms with Gasteiger partial charge in [-0.1, -0.05) is 17.7 Å². The largest absolute Gasteiger partial charge is 0.480 e. The van der Waals surface area contributed by atoms with Crippen molar-refractivity contribution >= 4 is 23.6 Å². The minimum Gasteiger partial charge on any atom is -0.480 e. The molecule has 4 nitrogen and oxygen atoms in total. The van der Waals surface area contributed by atoms with E-state index in [0.717, 1.165) is 11.1 Å². The molecule has 0 aromatic heterocycles. The van der Waals surface area contributed by atoms with Gasteiger partial charge in [-0.05, 0) is 43.9 Å². The van der Waals surface area contributed by atoms with Crippen LogP contribution < -0.4 is 5.32 Å². The van der Waals surface area contributed by atoms with Gasteiger partial charge in [-0.2, -0.15) is 11.8 Å². The number of carbonyl (C=O) groups is 2. The maximum atomic E-state index is 12.1. The lowest BCUT2D eigenvalue weighted by atomic mass is 10.0. The van der Waals surface area contributed by atoms with Crippen LogP contribution in [0.2, 0.25) is 0 Å². The van der Waals surface area contributed by atoms with Crippen LogP contribution in [0.25, 0.3) is 0 Å². The maximum absolute atomic E-state index is 12.1. The zero-order valence-electron chi connectivity index (χ0n) is 11.4. The smallest absolute Gasteiger partial charge is 0.326 e. The number of hydrogen-bond donors (Lipinski definition) is 2. The van der Waals surface area contributed by atoms with E-state index in [1.165, 1.54) is 0 Å². The molecule has 0 saturated carbocycles. The van der Waals surface area contributed by atoms with Gasteiger partial charge in [-0.25, -0.2) is 4.79 Å². The highest BCUT2D eigenvalue weighted by Crippen LogP contribution is 2.11. The Morgan fingerprint density at radius 1 is 1.37 bits per heavy atom. The van der Waals surface area contributed by atoms with Gasteiger partial charge in [0.1, 0.15) is 6.04 Å². The van der Waals surface area contributed by atoms with Crippen molar-refractivity contribution in [3.63, 3.8) is 0 Å². The number of aryl methyl sites for hydroxylation is 2.